The Labute approximate surface area is 227 Å². The summed E-state index contributed by atoms with van der Waals surface area (Å²) in [6.07, 6.45) is 0.566. The highest BCUT2D eigenvalue weighted by Gasteiger charge is 2.38. The van der Waals surface area contributed by atoms with E-state index >= 15 is 0 Å². The SMILES string of the molecule is CCCc1c(C(=O)Oc2cccc3c2C(=O)c2ccccc2C3=O)c(O)cc2c1C(=O)c1c(O)cccc1C2=O. The van der Waals surface area contributed by atoms with Crippen molar-refractivity contribution in [3.05, 3.63) is 122 Å². The second-order valence-electron chi connectivity index (χ2n) is 9.55. The topological polar surface area (TPSA) is 135 Å². The first kappa shape index (κ1) is 24.9. The van der Waals surface area contributed by atoms with Gasteiger partial charge in [-0.05, 0) is 30.2 Å². The van der Waals surface area contributed by atoms with Crippen LogP contribution < -0.4 is 4.74 Å². The minimum Gasteiger partial charge on any atom is -0.507 e. The Morgan fingerprint density at radius 3 is 1.95 bits per heavy atom. The molecule has 0 spiro atoms. The fourth-order valence-corrected chi connectivity index (χ4v) is 5.48. The van der Waals surface area contributed by atoms with Crippen LogP contribution >= 0.6 is 0 Å². The Hall–Kier alpha value is -5.37. The number of hydrogen-bond donors (Lipinski definition) is 2. The molecule has 2 N–H and O–H groups in total. The van der Waals surface area contributed by atoms with Crippen molar-refractivity contribution in [3.8, 4) is 17.2 Å². The van der Waals surface area contributed by atoms with Crippen molar-refractivity contribution in [3.63, 3.8) is 0 Å². The molecule has 4 aromatic rings. The van der Waals surface area contributed by atoms with Gasteiger partial charge in [-0.2, -0.15) is 0 Å². The fraction of sp³-hybridized carbons (Fsp3) is 0.0938. The van der Waals surface area contributed by atoms with Gasteiger partial charge in [0.1, 0.15) is 22.8 Å². The Morgan fingerprint density at radius 2 is 1.25 bits per heavy atom. The van der Waals surface area contributed by atoms with Gasteiger partial charge < -0.3 is 14.9 Å². The summed E-state index contributed by atoms with van der Waals surface area (Å²) >= 11 is 0. The third-order valence-electron chi connectivity index (χ3n) is 7.22. The van der Waals surface area contributed by atoms with E-state index in [1.807, 2.05) is 0 Å². The number of esters is 1. The van der Waals surface area contributed by atoms with Gasteiger partial charge in [-0.1, -0.05) is 61.9 Å². The zero-order valence-corrected chi connectivity index (χ0v) is 21.1. The van der Waals surface area contributed by atoms with E-state index in [0.29, 0.717) is 6.42 Å². The van der Waals surface area contributed by atoms with Crippen molar-refractivity contribution in [2.24, 2.45) is 0 Å². The van der Waals surface area contributed by atoms with Crippen LogP contribution in [-0.4, -0.2) is 39.3 Å². The predicted molar refractivity (Wildman–Crippen MR) is 142 cm³/mol. The number of benzene rings is 4. The van der Waals surface area contributed by atoms with Gasteiger partial charge in [0.05, 0.1) is 11.1 Å². The zero-order valence-electron chi connectivity index (χ0n) is 21.1. The maximum Gasteiger partial charge on any atom is 0.347 e. The largest absolute Gasteiger partial charge is 0.507 e. The molecular formula is C32H20O8. The minimum absolute atomic E-state index is 0.00551. The molecule has 0 atom stereocenters. The summed E-state index contributed by atoms with van der Waals surface area (Å²) in [5, 5.41) is 21.3. The van der Waals surface area contributed by atoms with E-state index in [-0.39, 0.29) is 73.6 Å². The van der Waals surface area contributed by atoms with E-state index in [0.717, 1.165) is 6.07 Å². The maximum absolute atomic E-state index is 13.6. The molecule has 0 aromatic heterocycles. The lowest BCUT2D eigenvalue weighted by atomic mass is 9.79. The van der Waals surface area contributed by atoms with E-state index in [1.165, 1.54) is 42.5 Å². The highest BCUT2D eigenvalue weighted by Crippen LogP contribution is 2.40. The highest BCUT2D eigenvalue weighted by atomic mass is 16.5. The Bertz CT molecular complexity index is 1850. The van der Waals surface area contributed by atoms with Crippen LogP contribution in [0.15, 0.2) is 66.7 Å². The molecular weight excluding hydrogens is 512 g/mol. The molecule has 4 aromatic carbocycles. The van der Waals surface area contributed by atoms with Crippen molar-refractivity contribution < 1.29 is 38.9 Å². The third kappa shape index (κ3) is 3.50. The quantitative estimate of drug-likeness (QED) is 0.244. The lowest BCUT2D eigenvalue weighted by Crippen LogP contribution is -2.26. The van der Waals surface area contributed by atoms with Gasteiger partial charge in [-0.3, -0.25) is 19.2 Å². The number of ketones is 4. The van der Waals surface area contributed by atoms with Crippen LogP contribution in [0.1, 0.15) is 93.0 Å². The van der Waals surface area contributed by atoms with E-state index in [9.17, 15) is 34.2 Å². The number of carbonyl (C=O) groups is 5. The first-order valence-corrected chi connectivity index (χ1v) is 12.6. The molecule has 0 aliphatic heterocycles. The van der Waals surface area contributed by atoms with Crippen LogP contribution in [0.3, 0.4) is 0 Å². The Balaban J connectivity index is 1.48. The third-order valence-corrected chi connectivity index (χ3v) is 7.22. The summed E-state index contributed by atoms with van der Waals surface area (Å²) in [4.78, 5) is 66.9. The lowest BCUT2D eigenvalue weighted by Gasteiger charge is -2.24. The molecule has 0 saturated heterocycles. The van der Waals surface area contributed by atoms with Gasteiger partial charge in [0, 0.05) is 33.4 Å². The number of phenolic OH excluding ortho intramolecular Hbond substituents is 2. The number of ether oxygens (including phenoxy) is 1. The summed E-state index contributed by atoms with van der Waals surface area (Å²) in [5.41, 5.74) is -0.209. The first-order chi connectivity index (χ1) is 19.2. The molecule has 0 heterocycles. The van der Waals surface area contributed by atoms with Crippen LogP contribution in [0.25, 0.3) is 0 Å². The maximum atomic E-state index is 13.6. The molecule has 8 nitrogen and oxygen atoms in total. The standard InChI is InChI=1S/C32H20O8/c1-2-7-17-24-20(29(36)18-10-5-12-21(33)25(18)31(24)38)14-22(34)26(17)32(39)40-23-13-6-11-19-27(23)30(37)16-9-4-3-8-15(16)28(19)35/h3-6,8-14,33-34H,2,7H2,1H3. The van der Waals surface area contributed by atoms with Gasteiger partial charge in [0.15, 0.2) is 23.1 Å². The number of hydrogen-bond acceptors (Lipinski definition) is 8. The van der Waals surface area contributed by atoms with Gasteiger partial charge in [0.2, 0.25) is 0 Å². The molecule has 0 unspecified atom stereocenters. The molecule has 0 fully saturated rings. The molecule has 40 heavy (non-hydrogen) atoms. The average Bonchev–Trinajstić information content (AvgIpc) is 2.94. The molecule has 0 amide bonds. The summed E-state index contributed by atoms with van der Waals surface area (Å²) in [5.74, 6) is -4.32. The van der Waals surface area contributed by atoms with Crippen molar-refractivity contribution in [2.45, 2.75) is 19.8 Å². The number of carbonyl (C=O) groups excluding carboxylic acids is 5. The summed E-state index contributed by atoms with van der Waals surface area (Å²) in [7, 11) is 0. The van der Waals surface area contributed by atoms with Gasteiger partial charge in [0.25, 0.3) is 0 Å². The monoisotopic (exact) mass is 532 g/mol. The van der Waals surface area contributed by atoms with E-state index in [1.54, 1.807) is 25.1 Å². The van der Waals surface area contributed by atoms with E-state index < -0.39 is 34.9 Å². The second kappa shape index (κ2) is 9.13. The fourth-order valence-electron chi connectivity index (χ4n) is 5.48. The van der Waals surface area contributed by atoms with Gasteiger partial charge in [-0.15, -0.1) is 0 Å². The minimum atomic E-state index is -1.07. The molecule has 196 valence electrons. The van der Waals surface area contributed by atoms with Crippen LogP contribution in [0, 0.1) is 0 Å². The summed E-state index contributed by atoms with van der Waals surface area (Å²) in [6.45, 7) is 1.79. The first-order valence-electron chi connectivity index (χ1n) is 12.6. The highest BCUT2D eigenvalue weighted by molar-refractivity contribution is 6.31. The number of phenols is 2. The zero-order chi connectivity index (χ0) is 28.3. The Morgan fingerprint density at radius 1 is 0.650 bits per heavy atom. The molecule has 0 bridgehead atoms. The van der Waals surface area contributed by atoms with Gasteiger partial charge >= 0.3 is 5.97 Å². The second-order valence-corrected chi connectivity index (χ2v) is 9.55. The number of fused-ring (bicyclic) bond motifs is 4. The lowest BCUT2D eigenvalue weighted by molar-refractivity contribution is 0.0726. The predicted octanol–water partition coefficient (Wildman–Crippen LogP) is 4.82. The summed E-state index contributed by atoms with van der Waals surface area (Å²) < 4.78 is 5.63. The molecule has 6 rings (SSSR count). The van der Waals surface area contributed by atoms with Crippen LogP contribution in [0.5, 0.6) is 17.2 Å². The molecule has 0 radical (unpaired) electrons. The van der Waals surface area contributed by atoms with Crippen LogP contribution in [0.4, 0.5) is 0 Å². The van der Waals surface area contributed by atoms with Crippen molar-refractivity contribution >= 4 is 29.1 Å². The van der Waals surface area contributed by atoms with Crippen LogP contribution in [0.2, 0.25) is 0 Å². The van der Waals surface area contributed by atoms with Crippen LogP contribution in [-0.2, 0) is 6.42 Å². The average molecular weight is 533 g/mol. The normalized spacial score (nSPS) is 13.3. The van der Waals surface area contributed by atoms with Crippen molar-refractivity contribution in [1.82, 2.24) is 0 Å². The molecule has 8 heteroatoms. The van der Waals surface area contributed by atoms with E-state index in [2.05, 4.69) is 0 Å². The van der Waals surface area contributed by atoms with Gasteiger partial charge in [-0.25, -0.2) is 4.79 Å². The number of rotatable bonds is 4. The van der Waals surface area contributed by atoms with Crippen molar-refractivity contribution in [1.29, 1.82) is 0 Å². The number of aromatic hydroxyl groups is 2. The Kier molecular flexibility index (Phi) is 5.69. The summed E-state index contributed by atoms with van der Waals surface area (Å²) in [6, 6.07) is 15.8. The molecule has 0 saturated carbocycles. The van der Waals surface area contributed by atoms with E-state index in [4.69, 9.17) is 4.74 Å². The molecule has 2 aliphatic carbocycles. The van der Waals surface area contributed by atoms with Crippen molar-refractivity contribution in [2.75, 3.05) is 0 Å². The smallest absolute Gasteiger partial charge is 0.347 e. The molecule has 2 aliphatic rings.